The molecule has 128 heavy (non-hydrogen) atoms. The van der Waals surface area contributed by atoms with Crippen molar-refractivity contribution in [2.24, 2.45) is 21.1 Å². The molecule has 0 bridgehead atoms. The van der Waals surface area contributed by atoms with Crippen molar-refractivity contribution in [1.82, 2.24) is 27.7 Å². The summed E-state index contributed by atoms with van der Waals surface area (Å²) in [6.45, 7) is 64.6. The molecule has 0 saturated heterocycles. The standard InChI is InChI=1S/C49H47N4.C27H35N2.C27H37N2.C15H21N2/c1-32-39(49(6,7)8)30-34(48(3,4)5)31-46(32)50-28-29-51(33(50)2)47-44(52-40-22-13-9-18-35(40)36-19-10-14-23-41(36)52)26-17-27-45(47)53-42-24-15-11-20-37(42)38-21-12-16-25-43(38)53;1-18-21(25(2,3)4)15-16-22-23(18)29-24(27(7,8)26(22,5)6)20(17-28(29)9)19-13-11-10-12-14-19;1-18(2)22-12-10-13-23(19(3)4)26(22)21-16-28(9)29(17-21)25-15-11-14-24(20(25)5)27(6,7)8;1-12-13(15(2,3)4)8-6-9-14(12)17-11-7-10-16(17)5/h9-31H,1-8H3;10-17H,1-9H3;10-19H,1-9H3;6-11H,1-5H3/q4*+1. The Morgan fingerprint density at radius 3 is 1.23 bits per heavy atom. The second kappa shape index (κ2) is 33.8. The Hall–Kier alpha value is -12.1. The highest BCUT2D eigenvalue weighted by Gasteiger charge is 2.52. The minimum absolute atomic E-state index is 0.00393. The van der Waals surface area contributed by atoms with E-state index in [0.29, 0.717) is 11.8 Å². The second-order valence-corrected chi connectivity index (χ2v) is 43.0. The molecule has 0 saturated carbocycles. The van der Waals surface area contributed by atoms with Crippen molar-refractivity contribution in [3.63, 3.8) is 0 Å². The molecule has 10 nitrogen and oxygen atoms in total. The van der Waals surface area contributed by atoms with E-state index in [-0.39, 0.29) is 37.9 Å². The maximum Gasteiger partial charge on any atom is 0.263 e. The van der Waals surface area contributed by atoms with Gasteiger partial charge in [0.1, 0.15) is 40.8 Å². The lowest BCUT2D eigenvalue weighted by molar-refractivity contribution is -0.745. The van der Waals surface area contributed by atoms with Gasteiger partial charge in [-0.3, -0.25) is 0 Å². The third-order valence-corrected chi connectivity index (χ3v) is 27.9. The van der Waals surface area contributed by atoms with E-state index in [1.165, 1.54) is 161 Å². The lowest BCUT2D eigenvalue weighted by Crippen LogP contribution is -2.51. The number of hydrogen-bond acceptors (Lipinski definition) is 0. The Kier molecular flexibility index (Phi) is 23.9. The lowest BCUT2D eigenvalue weighted by atomic mass is 9.59. The van der Waals surface area contributed by atoms with E-state index in [4.69, 9.17) is 0 Å². The van der Waals surface area contributed by atoms with E-state index in [2.05, 4.69) is 535 Å². The first kappa shape index (κ1) is 90.6. The van der Waals surface area contributed by atoms with Gasteiger partial charge in [-0.05, 0) is 199 Å². The smallest absolute Gasteiger partial charge is 0.263 e. The zero-order valence-electron chi connectivity index (χ0n) is 82.6. The van der Waals surface area contributed by atoms with Crippen LogP contribution < -0.4 is 18.6 Å². The van der Waals surface area contributed by atoms with Gasteiger partial charge >= 0.3 is 0 Å². The third kappa shape index (κ3) is 16.2. The van der Waals surface area contributed by atoms with Crippen molar-refractivity contribution < 1.29 is 18.6 Å². The van der Waals surface area contributed by atoms with Crippen LogP contribution in [0.2, 0.25) is 0 Å². The monoisotopic (exact) mass is 1700 g/mol. The highest BCUT2D eigenvalue weighted by Crippen LogP contribution is 2.54. The molecule has 0 aliphatic carbocycles. The zero-order valence-corrected chi connectivity index (χ0v) is 82.6. The molecule has 0 amide bonds. The number of aryl methyl sites for hydroxylation is 3. The molecule has 6 aromatic heterocycles. The van der Waals surface area contributed by atoms with Gasteiger partial charge < -0.3 is 9.13 Å². The molecule has 11 aromatic carbocycles. The van der Waals surface area contributed by atoms with Crippen molar-refractivity contribution >= 4 is 43.6 Å². The van der Waals surface area contributed by atoms with Gasteiger partial charge in [0.15, 0.2) is 33.0 Å². The molecule has 0 atom stereocenters. The highest BCUT2D eigenvalue weighted by atomic mass is 15.4. The first-order chi connectivity index (χ1) is 60.2. The molecule has 658 valence electrons. The van der Waals surface area contributed by atoms with Crippen LogP contribution in [0.15, 0.2) is 274 Å². The topological polar surface area (TPSA) is 45.1 Å². The van der Waals surface area contributed by atoms with Crippen molar-refractivity contribution in [3.05, 3.63) is 352 Å². The quantitative estimate of drug-likeness (QED) is 0.123. The molecule has 7 heterocycles. The number of hydrogen-bond donors (Lipinski definition) is 0. The van der Waals surface area contributed by atoms with Gasteiger partial charge in [-0.2, -0.15) is 9.13 Å². The minimum Gasteiger partial charge on any atom is -0.305 e. The number of aromatic nitrogens is 10. The van der Waals surface area contributed by atoms with Gasteiger partial charge in [0.05, 0.1) is 57.0 Å². The summed E-state index contributed by atoms with van der Waals surface area (Å²) in [5.74, 6) is 2.11. The second-order valence-electron chi connectivity index (χ2n) is 43.0. The maximum absolute atomic E-state index is 2.48. The summed E-state index contributed by atoms with van der Waals surface area (Å²) in [4.78, 5) is 0. The van der Waals surface area contributed by atoms with Crippen molar-refractivity contribution in [2.45, 2.75) is 244 Å². The van der Waals surface area contributed by atoms with E-state index in [1.807, 2.05) is 0 Å². The summed E-state index contributed by atoms with van der Waals surface area (Å²) in [6, 6.07) is 84.5. The van der Waals surface area contributed by atoms with Gasteiger partial charge in [-0.15, -0.1) is 28.1 Å². The van der Waals surface area contributed by atoms with Gasteiger partial charge in [0, 0.05) is 45.4 Å². The average Bonchev–Trinajstić information content (AvgIpc) is 1.42. The molecule has 0 N–H and O–H groups in total. The number of nitrogens with zero attached hydrogens (tertiary/aromatic N) is 10. The highest BCUT2D eigenvalue weighted by molar-refractivity contribution is 6.11. The van der Waals surface area contributed by atoms with Gasteiger partial charge in [-0.25, -0.2) is 0 Å². The SMILES string of the molecule is Cc1c(-n2cc(-c3c(C(C)C)cccc3C(C)C)c[n+]2C)cccc1C(C)(C)C.Cc1c(-n2cc[n+](-c3c(-n4c5ccccc5c5ccccc54)cccc3-n3c4ccccc4c4ccccc43)c2C)cc(C(C)(C)C)cc1C(C)(C)C.Cc1c(-n2ccc[n+]2C)cccc1C(C)(C)C.Cc1c(C(C)(C)C)ccc2c1-n1c(c(-c3ccccc3)c[n+]1C)C(C)(C)C2(C)C. The van der Waals surface area contributed by atoms with Crippen LogP contribution in [0.3, 0.4) is 0 Å². The Balaban J connectivity index is 0.000000143. The minimum atomic E-state index is -0.0257. The fourth-order valence-electron chi connectivity index (χ4n) is 20.6. The van der Waals surface area contributed by atoms with Gasteiger partial charge in [0.25, 0.3) is 5.82 Å². The van der Waals surface area contributed by atoms with Crippen molar-refractivity contribution in [3.8, 4) is 62.1 Å². The molecule has 1 aliphatic heterocycles. The molecule has 17 aromatic rings. The number of rotatable bonds is 10. The fourth-order valence-corrected chi connectivity index (χ4v) is 20.6. The lowest BCUT2D eigenvalue weighted by Gasteiger charge is -2.47. The normalized spacial score (nSPS) is 13.4. The first-order valence-electron chi connectivity index (χ1n) is 46.4. The maximum atomic E-state index is 2.48. The van der Waals surface area contributed by atoms with Crippen LogP contribution in [0, 0.1) is 34.6 Å². The molecule has 0 fully saturated rings. The summed E-state index contributed by atoms with van der Waals surface area (Å²) in [6.07, 6.45) is 15.6. The molecule has 10 heteroatoms. The van der Waals surface area contributed by atoms with Gasteiger partial charge in [-0.1, -0.05) is 329 Å². The van der Waals surface area contributed by atoms with Crippen molar-refractivity contribution in [2.75, 3.05) is 0 Å². The molecular formula is C118H140N10+4. The Morgan fingerprint density at radius 1 is 0.344 bits per heavy atom. The van der Waals surface area contributed by atoms with Crippen LogP contribution in [0.25, 0.3) is 106 Å². The Morgan fingerprint density at radius 2 is 0.773 bits per heavy atom. The van der Waals surface area contributed by atoms with E-state index in [9.17, 15) is 0 Å². The molecular weight excluding hydrogens is 1560 g/mol. The van der Waals surface area contributed by atoms with Crippen LogP contribution in [-0.2, 0) is 59.0 Å². The van der Waals surface area contributed by atoms with E-state index >= 15 is 0 Å². The molecule has 0 spiro atoms. The predicted octanol–water partition coefficient (Wildman–Crippen LogP) is 28.0. The molecule has 0 unspecified atom stereocenters. The fraction of sp³-hybridized carbons (Fsp3) is 0.339. The Labute approximate surface area is 764 Å². The zero-order chi connectivity index (χ0) is 92.3. The molecule has 1 aliphatic rings. The summed E-state index contributed by atoms with van der Waals surface area (Å²) >= 11 is 0. The van der Waals surface area contributed by atoms with Crippen LogP contribution >= 0.6 is 0 Å². The van der Waals surface area contributed by atoms with Crippen LogP contribution in [0.4, 0.5) is 0 Å². The number of imidazole rings is 1. The number of fused-ring (bicyclic) bond motifs is 9. The summed E-state index contributed by atoms with van der Waals surface area (Å²) in [7, 11) is 6.38. The van der Waals surface area contributed by atoms with Gasteiger partial charge in [0.2, 0.25) is 12.4 Å². The van der Waals surface area contributed by atoms with E-state index in [0.717, 1.165) is 22.9 Å². The summed E-state index contributed by atoms with van der Waals surface area (Å²) < 4.78 is 23.3. The van der Waals surface area contributed by atoms with Crippen LogP contribution in [0.1, 0.15) is 249 Å². The third-order valence-electron chi connectivity index (χ3n) is 27.9. The largest absolute Gasteiger partial charge is 0.305 e. The number of para-hydroxylation sites is 5. The van der Waals surface area contributed by atoms with Crippen molar-refractivity contribution in [1.29, 1.82) is 0 Å². The van der Waals surface area contributed by atoms with Crippen LogP contribution in [-0.4, -0.2) is 27.7 Å². The predicted molar refractivity (Wildman–Crippen MR) is 539 cm³/mol. The Bertz CT molecular complexity index is 6780. The van der Waals surface area contributed by atoms with Crippen LogP contribution in [0.5, 0.6) is 0 Å². The van der Waals surface area contributed by atoms with E-state index < -0.39 is 0 Å². The average molecular weight is 1700 g/mol. The summed E-state index contributed by atoms with van der Waals surface area (Å²) in [5, 5.41) is 5.00. The van der Waals surface area contributed by atoms with E-state index in [1.54, 1.807) is 0 Å². The molecule has 0 radical (unpaired) electrons. The first-order valence-corrected chi connectivity index (χ1v) is 46.4. The summed E-state index contributed by atoms with van der Waals surface area (Å²) in [5.41, 5.74) is 37.0. The molecule has 18 rings (SSSR count). The number of benzene rings is 11.